The van der Waals surface area contributed by atoms with Crippen molar-refractivity contribution >= 4 is 36.3 Å². The fourth-order valence-electron chi connectivity index (χ4n) is 1.14. The van der Waals surface area contributed by atoms with E-state index in [2.05, 4.69) is 28.6 Å². The zero-order valence-electron chi connectivity index (χ0n) is 10.9. The molecule has 0 aromatic carbocycles. The number of thiol groups is 1. The molecule has 10 heteroatoms. The summed E-state index contributed by atoms with van der Waals surface area (Å²) in [5.41, 5.74) is 5.10. The third-order valence-electron chi connectivity index (χ3n) is 2.19. The summed E-state index contributed by atoms with van der Waals surface area (Å²) < 4.78 is 0. The lowest BCUT2D eigenvalue weighted by Crippen LogP contribution is -2.54. The van der Waals surface area contributed by atoms with Crippen LogP contribution in [-0.4, -0.2) is 59.7 Å². The first-order chi connectivity index (χ1) is 9.31. The molecule has 20 heavy (non-hydrogen) atoms. The molecule has 0 radical (unpaired) electrons. The van der Waals surface area contributed by atoms with Gasteiger partial charge in [0, 0.05) is 5.75 Å². The minimum absolute atomic E-state index is 0.0288. The molecule has 0 heterocycles. The predicted molar refractivity (Wildman–Crippen MR) is 73.1 cm³/mol. The van der Waals surface area contributed by atoms with E-state index in [1.807, 2.05) is 0 Å². The third-order valence-corrected chi connectivity index (χ3v) is 2.55. The van der Waals surface area contributed by atoms with Gasteiger partial charge in [0.05, 0.1) is 6.54 Å². The van der Waals surface area contributed by atoms with Gasteiger partial charge in [0.1, 0.15) is 18.6 Å². The number of nitrogens with one attached hydrogen (secondary N) is 3. The predicted octanol–water partition coefficient (Wildman–Crippen LogP) is -2.93. The Hall–Kier alpha value is -1.81. The Bertz CT molecular complexity index is 390. The SMILES string of the molecule is CC(NC(=O)C(CS)NC(=O)CN)C(=O)NCC(=O)O. The molecule has 0 fully saturated rings. The molecule has 2 unspecified atom stereocenters. The Labute approximate surface area is 121 Å². The second-order valence-electron chi connectivity index (χ2n) is 3.85. The number of nitrogens with two attached hydrogens (primary N) is 1. The number of rotatable bonds is 8. The van der Waals surface area contributed by atoms with Crippen molar-refractivity contribution in [2.45, 2.75) is 19.0 Å². The highest BCUT2D eigenvalue weighted by Gasteiger charge is 2.23. The van der Waals surface area contributed by atoms with Crippen LogP contribution in [-0.2, 0) is 19.2 Å². The highest BCUT2D eigenvalue weighted by Crippen LogP contribution is 1.91. The van der Waals surface area contributed by atoms with Crippen LogP contribution in [0.3, 0.4) is 0 Å². The van der Waals surface area contributed by atoms with E-state index in [-0.39, 0.29) is 12.3 Å². The lowest BCUT2D eigenvalue weighted by Gasteiger charge is -2.19. The first-order valence-corrected chi connectivity index (χ1v) is 6.35. The number of carboxylic acid groups (broad SMARTS) is 1. The molecule has 0 aliphatic rings. The number of aliphatic carboxylic acids is 1. The largest absolute Gasteiger partial charge is 0.480 e. The van der Waals surface area contributed by atoms with Crippen LogP contribution in [0.4, 0.5) is 0 Å². The Balaban J connectivity index is 4.37. The highest BCUT2D eigenvalue weighted by atomic mass is 32.1. The molecular weight excluding hydrogens is 288 g/mol. The van der Waals surface area contributed by atoms with Crippen molar-refractivity contribution in [1.82, 2.24) is 16.0 Å². The van der Waals surface area contributed by atoms with Crippen LogP contribution in [0.5, 0.6) is 0 Å². The van der Waals surface area contributed by atoms with Gasteiger partial charge < -0.3 is 26.8 Å². The second-order valence-corrected chi connectivity index (χ2v) is 4.21. The molecule has 0 aromatic heterocycles. The van der Waals surface area contributed by atoms with E-state index in [9.17, 15) is 19.2 Å². The van der Waals surface area contributed by atoms with Crippen LogP contribution in [0.2, 0.25) is 0 Å². The first kappa shape index (κ1) is 18.2. The Morgan fingerprint density at radius 2 is 1.80 bits per heavy atom. The van der Waals surface area contributed by atoms with Gasteiger partial charge in [-0.1, -0.05) is 0 Å². The number of carbonyl (C=O) groups is 4. The van der Waals surface area contributed by atoms with Gasteiger partial charge in [-0.2, -0.15) is 12.6 Å². The minimum Gasteiger partial charge on any atom is -0.480 e. The standard InChI is InChI=1S/C10H18N4O5S/c1-5(9(18)12-3-8(16)17)13-10(19)6(4-20)14-7(15)2-11/h5-6,20H,2-4,11H2,1H3,(H,12,18)(H,13,19)(H,14,15)(H,16,17). The topological polar surface area (TPSA) is 151 Å². The average Bonchev–Trinajstić information content (AvgIpc) is 2.41. The van der Waals surface area contributed by atoms with Crippen LogP contribution in [0, 0.1) is 0 Å². The molecule has 2 atom stereocenters. The fraction of sp³-hybridized carbons (Fsp3) is 0.600. The van der Waals surface area contributed by atoms with E-state index < -0.39 is 42.3 Å². The molecule has 0 saturated heterocycles. The van der Waals surface area contributed by atoms with E-state index in [0.29, 0.717) is 0 Å². The zero-order valence-corrected chi connectivity index (χ0v) is 11.8. The highest BCUT2D eigenvalue weighted by molar-refractivity contribution is 7.80. The average molecular weight is 306 g/mol. The number of hydrogen-bond donors (Lipinski definition) is 6. The van der Waals surface area contributed by atoms with Gasteiger partial charge in [0.15, 0.2) is 0 Å². The lowest BCUT2D eigenvalue weighted by atomic mass is 10.2. The summed E-state index contributed by atoms with van der Waals surface area (Å²) in [5, 5.41) is 15.2. The van der Waals surface area contributed by atoms with E-state index in [0.717, 1.165) is 0 Å². The van der Waals surface area contributed by atoms with Gasteiger partial charge in [-0.25, -0.2) is 0 Å². The molecule has 0 aromatic rings. The summed E-state index contributed by atoms with van der Waals surface area (Å²) in [6.45, 7) is 0.570. The van der Waals surface area contributed by atoms with Gasteiger partial charge in [-0.05, 0) is 6.92 Å². The van der Waals surface area contributed by atoms with Gasteiger partial charge in [-0.3, -0.25) is 19.2 Å². The van der Waals surface area contributed by atoms with Crippen molar-refractivity contribution in [2.75, 3.05) is 18.8 Å². The Kier molecular flexibility index (Phi) is 8.32. The molecule has 9 nitrogen and oxygen atoms in total. The van der Waals surface area contributed by atoms with Crippen molar-refractivity contribution in [3.8, 4) is 0 Å². The Morgan fingerprint density at radius 3 is 2.25 bits per heavy atom. The molecule has 3 amide bonds. The molecule has 6 N–H and O–H groups in total. The third kappa shape index (κ3) is 6.95. The fourth-order valence-corrected chi connectivity index (χ4v) is 1.40. The molecule has 0 aliphatic heterocycles. The summed E-state index contributed by atoms with van der Waals surface area (Å²) in [7, 11) is 0. The summed E-state index contributed by atoms with van der Waals surface area (Å²) in [6.07, 6.45) is 0. The van der Waals surface area contributed by atoms with Gasteiger partial charge in [-0.15, -0.1) is 0 Å². The smallest absolute Gasteiger partial charge is 0.322 e. The van der Waals surface area contributed by atoms with E-state index in [1.54, 1.807) is 0 Å². The van der Waals surface area contributed by atoms with Crippen LogP contribution in [0.25, 0.3) is 0 Å². The molecule has 0 spiro atoms. The van der Waals surface area contributed by atoms with Crippen molar-refractivity contribution in [3.05, 3.63) is 0 Å². The molecular formula is C10H18N4O5S. The maximum atomic E-state index is 11.8. The maximum Gasteiger partial charge on any atom is 0.322 e. The molecule has 114 valence electrons. The summed E-state index contributed by atoms with van der Waals surface area (Å²) in [6, 6.07) is -1.87. The summed E-state index contributed by atoms with van der Waals surface area (Å²) >= 11 is 3.92. The van der Waals surface area contributed by atoms with E-state index in [1.165, 1.54) is 6.92 Å². The molecule has 0 bridgehead atoms. The normalized spacial score (nSPS) is 12.9. The second kappa shape index (κ2) is 9.15. The van der Waals surface area contributed by atoms with E-state index in [4.69, 9.17) is 10.8 Å². The minimum atomic E-state index is -1.19. The van der Waals surface area contributed by atoms with Crippen LogP contribution in [0.15, 0.2) is 0 Å². The van der Waals surface area contributed by atoms with Gasteiger partial charge >= 0.3 is 5.97 Å². The zero-order chi connectivity index (χ0) is 15.7. The summed E-state index contributed by atoms with van der Waals surface area (Å²) in [5.74, 6) is -2.95. The number of carbonyl (C=O) groups excluding carboxylic acids is 3. The Morgan fingerprint density at radius 1 is 1.20 bits per heavy atom. The van der Waals surface area contributed by atoms with E-state index >= 15 is 0 Å². The summed E-state index contributed by atoms with van der Waals surface area (Å²) in [4.78, 5) is 44.6. The van der Waals surface area contributed by atoms with Crippen LogP contribution >= 0.6 is 12.6 Å². The number of hydrogen-bond acceptors (Lipinski definition) is 6. The lowest BCUT2D eigenvalue weighted by molar-refractivity contribution is -0.138. The maximum absolute atomic E-state index is 11.8. The van der Waals surface area contributed by atoms with Crippen molar-refractivity contribution in [1.29, 1.82) is 0 Å². The number of carboxylic acids is 1. The van der Waals surface area contributed by atoms with Crippen LogP contribution in [0.1, 0.15) is 6.92 Å². The molecule has 0 aliphatic carbocycles. The van der Waals surface area contributed by atoms with Gasteiger partial charge in [0.2, 0.25) is 17.7 Å². The van der Waals surface area contributed by atoms with Crippen molar-refractivity contribution in [3.63, 3.8) is 0 Å². The van der Waals surface area contributed by atoms with Gasteiger partial charge in [0.25, 0.3) is 0 Å². The van der Waals surface area contributed by atoms with Crippen LogP contribution < -0.4 is 21.7 Å². The molecule has 0 rings (SSSR count). The first-order valence-electron chi connectivity index (χ1n) is 5.72. The monoisotopic (exact) mass is 306 g/mol. The molecule has 0 saturated carbocycles. The number of amides is 3. The van der Waals surface area contributed by atoms with Crippen molar-refractivity contribution < 1.29 is 24.3 Å². The quantitative estimate of drug-likeness (QED) is 0.264. The van der Waals surface area contributed by atoms with Crippen molar-refractivity contribution in [2.24, 2.45) is 5.73 Å².